The van der Waals surface area contributed by atoms with Crippen LogP contribution in [0.3, 0.4) is 0 Å². The number of carbonyl (C=O) groups excluding carboxylic acids is 1. The van der Waals surface area contributed by atoms with Crippen LogP contribution >= 0.6 is 11.6 Å². The Balaban J connectivity index is 1.12. The summed E-state index contributed by atoms with van der Waals surface area (Å²) in [6.07, 6.45) is 2.45. The standard InChI is InChI=1S/C33H40ClN7O5/c1-21-17-25(39-9-6-24(7-10-39)40-11-13-41(14-12-40)33(45)46-16-15-42)19-27-30(21)38-31(37-27)29-26(5-8-35-32(29)44)36-20-28(43)22-3-2-4-23(34)18-22/h2-5,8,17-19,24,28,42-43H,6-7,9-16,20H2,1H3,(H,37,38)(H2,35,36,44)/t28-/m1/s1. The van der Waals surface area contributed by atoms with Gasteiger partial charge in [0.2, 0.25) is 0 Å². The van der Waals surface area contributed by atoms with E-state index in [9.17, 15) is 14.7 Å². The third-order valence-corrected chi connectivity index (χ3v) is 9.15. The number of hydrogen-bond acceptors (Lipinski definition) is 9. The number of amides is 1. The molecule has 4 aromatic rings. The molecule has 2 aliphatic rings. The van der Waals surface area contributed by atoms with Crippen molar-refractivity contribution in [3.8, 4) is 11.4 Å². The van der Waals surface area contributed by atoms with Crippen LogP contribution in [-0.4, -0.2) is 106 Å². The molecule has 4 heterocycles. The lowest BCUT2D eigenvalue weighted by Crippen LogP contribution is -2.54. The molecule has 0 aliphatic carbocycles. The number of aliphatic hydroxyl groups excluding tert-OH is 2. The molecule has 2 aliphatic heterocycles. The predicted octanol–water partition coefficient (Wildman–Crippen LogP) is 3.74. The van der Waals surface area contributed by atoms with Crippen LogP contribution in [-0.2, 0) is 4.74 Å². The van der Waals surface area contributed by atoms with Crippen molar-refractivity contribution in [2.24, 2.45) is 0 Å². The maximum Gasteiger partial charge on any atom is 0.409 e. The summed E-state index contributed by atoms with van der Waals surface area (Å²) in [5, 5.41) is 23.4. The number of piperazine rings is 1. The summed E-state index contributed by atoms with van der Waals surface area (Å²) in [6, 6.07) is 13.6. The van der Waals surface area contributed by atoms with Gasteiger partial charge in [-0.15, -0.1) is 0 Å². The first-order valence-electron chi connectivity index (χ1n) is 15.7. The summed E-state index contributed by atoms with van der Waals surface area (Å²) in [4.78, 5) is 42.7. The number of ether oxygens (including phenoxy) is 1. The summed E-state index contributed by atoms with van der Waals surface area (Å²) < 4.78 is 5.06. The van der Waals surface area contributed by atoms with Gasteiger partial charge < -0.3 is 40.0 Å². The second-order valence-electron chi connectivity index (χ2n) is 11.9. The zero-order chi connectivity index (χ0) is 32.2. The van der Waals surface area contributed by atoms with Crippen LogP contribution in [0.1, 0.15) is 30.1 Å². The van der Waals surface area contributed by atoms with E-state index in [0.717, 1.165) is 61.3 Å². The topological polar surface area (TPSA) is 150 Å². The van der Waals surface area contributed by atoms with Crippen LogP contribution in [0.5, 0.6) is 0 Å². The zero-order valence-electron chi connectivity index (χ0n) is 25.8. The number of nitrogens with zero attached hydrogens (tertiary/aromatic N) is 4. The van der Waals surface area contributed by atoms with Crippen molar-refractivity contribution >= 4 is 40.1 Å². The summed E-state index contributed by atoms with van der Waals surface area (Å²) in [5.41, 5.74) is 5.11. The third kappa shape index (κ3) is 7.00. The van der Waals surface area contributed by atoms with Crippen LogP contribution in [0.15, 0.2) is 53.5 Å². The van der Waals surface area contributed by atoms with Gasteiger partial charge in [-0.25, -0.2) is 9.78 Å². The summed E-state index contributed by atoms with van der Waals surface area (Å²) >= 11 is 6.09. The first-order valence-corrected chi connectivity index (χ1v) is 16.1. The number of pyridine rings is 1. The van der Waals surface area contributed by atoms with Crippen molar-refractivity contribution in [3.63, 3.8) is 0 Å². The van der Waals surface area contributed by atoms with Crippen molar-refractivity contribution in [1.29, 1.82) is 0 Å². The predicted molar refractivity (Wildman–Crippen MR) is 179 cm³/mol. The molecule has 12 nitrogen and oxygen atoms in total. The van der Waals surface area contributed by atoms with E-state index in [-0.39, 0.29) is 31.4 Å². The van der Waals surface area contributed by atoms with Crippen molar-refractivity contribution < 1.29 is 19.7 Å². The van der Waals surface area contributed by atoms with Gasteiger partial charge in [-0.2, -0.15) is 0 Å². The Labute approximate surface area is 271 Å². The van der Waals surface area contributed by atoms with E-state index in [1.807, 2.05) is 13.0 Å². The number of rotatable bonds is 9. The molecule has 5 N–H and O–H groups in total. The number of aliphatic hydroxyl groups is 2. The number of aromatic amines is 2. The van der Waals surface area contributed by atoms with Gasteiger partial charge in [-0.3, -0.25) is 9.69 Å². The highest BCUT2D eigenvalue weighted by Gasteiger charge is 2.30. The monoisotopic (exact) mass is 649 g/mol. The fraction of sp³-hybridized carbons (Fsp3) is 0.424. The van der Waals surface area contributed by atoms with E-state index in [0.29, 0.717) is 46.8 Å². The van der Waals surface area contributed by atoms with Gasteiger partial charge in [0.25, 0.3) is 5.56 Å². The Bertz CT molecular complexity index is 1730. The first-order chi connectivity index (χ1) is 22.3. The van der Waals surface area contributed by atoms with Gasteiger partial charge in [0.1, 0.15) is 18.0 Å². The maximum atomic E-state index is 13.0. The molecule has 13 heteroatoms. The number of anilines is 2. The van der Waals surface area contributed by atoms with E-state index in [2.05, 4.69) is 37.2 Å². The number of fused-ring (bicyclic) bond motifs is 1. The van der Waals surface area contributed by atoms with Crippen LogP contribution in [0.25, 0.3) is 22.4 Å². The minimum absolute atomic E-state index is 0.0298. The fourth-order valence-corrected chi connectivity index (χ4v) is 6.65. The average Bonchev–Trinajstić information content (AvgIpc) is 3.50. The molecule has 0 bridgehead atoms. The molecule has 1 amide bonds. The molecule has 46 heavy (non-hydrogen) atoms. The Hall–Kier alpha value is -4.10. The molecule has 6 rings (SSSR count). The Morgan fingerprint density at radius 1 is 1.13 bits per heavy atom. The SMILES string of the molecule is Cc1cc(N2CCC(N3CCN(C(=O)OCCO)CC3)CC2)cc2[nH]c(-c3c(NC[C@@H](O)c4cccc(Cl)c4)cc[nH]c3=O)nc12. The van der Waals surface area contributed by atoms with E-state index < -0.39 is 6.10 Å². The summed E-state index contributed by atoms with van der Waals surface area (Å²) in [5.74, 6) is 0.454. The number of benzene rings is 2. The Morgan fingerprint density at radius 2 is 1.91 bits per heavy atom. The molecule has 1 atom stereocenters. The van der Waals surface area contributed by atoms with E-state index in [4.69, 9.17) is 26.4 Å². The number of aryl methyl sites for hydroxylation is 1. The second kappa shape index (κ2) is 14.1. The molecule has 244 valence electrons. The van der Waals surface area contributed by atoms with Crippen LogP contribution < -0.4 is 15.8 Å². The number of H-pyrrole nitrogens is 2. The molecule has 0 radical (unpaired) electrons. The highest BCUT2D eigenvalue weighted by molar-refractivity contribution is 6.30. The molecule has 2 aromatic heterocycles. The second-order valence-corrected chi connectivity index (χ2v) is 12.3. The quantitative estimate of drug-likeness (QED) is 0.183. The number of hydrogen-bond donors (Lipinski definition) is 5. The minimum atomic E-state index is -0.818. The molecular formula is C33H40ClN7O5. The van der Waals surface area contributed by atoms with Gasteiger partial charge in [0.15, 0.2) is 0 Å². The zero-order valence-corrected chi connectivity index (χ0v) is 26.6. The number of nitrogens with one attached hydrogen (secondary N) is 3. The fourth-order valence-electron chi connectivity index (χ4n) is 6.45. The molecule has 0 unspecified atom stereocenters. The minimum Gasteiger partial charge on any atom is -0.447 e. The third-order valence-electron chi connectivity index (χ3n) is 8.91. The molecule has 2 fully saturated rings. The smallest absolute Gasteiger partial charge is 0.409 e. The molecule has 0 spiro atoms. The van der Waals surface area contributed by atoms with Gasteiger partial charge in [-0.05, 0) is 61.2 Å². The van der Waals surface area contributed by atoms with Crippen LogP contribution in [0.2, 0.25) is 5.02 Å². The van der Waals surface area contributed by atoms with Crippen molar-refractivity contribution in [1.82, 2.24) is 24.8 Å². The van der Waals surface area contributed by atoms with E-state index >= 15 is 0 Å². The molecular weight excluding hydrogens is 610 g/mol. The lowest BCUT2D eigenvalue weighted by atomic mass is 10.0. The van der Waals surface area contributed by atoms with Crippen molar-refractivity contribution in [2.45, 2.75) is 31.9 Å². The molecule has 2 aromatic carbocycles. The van der Waals surface area contributed by atoms with Gasteiger partial charge in [-0.1, -0.05) is 23.7 Å². The normalized spacial score (nSPS) is 17.0. The summed E-state index contributed by atoms with van der Waals surface area (Å²) in [7, 11) is 0. The number of piperidine rings is 1. The summed E-state index contributed by atoms with van der Waals surface area (Å²) in [6.45, 7) is 6.80. The lowest BCUT2D eigenvalue weighted by molar-refractivity contribution is 0.0508. The highest BCUT2D eigenvalue weighted by atomic mass is 35.5. The molecule has 0 saturated carbocycles. The van der Waals surface area contributed by atoms with Crippen molar-refractivity contribution in [2.75, 3.05) is 69.2 Å². The number of carbonyl (C=O) groups is 1. The van der Waals surface area contributed by atoms with E-state index in [1.165, 1.54) is 0 Å². The van der Waals surface area contributed by atoms with Gasteiger partial charge in [0, 0.05) is 68.8 Å². The Morgan fingerprint density at radius 3 is 2.65 bits per heavy atom. The largest absolute Gasteiger partial charge is 0.447 e. The maximum absolute atomic E-state index is 13.0. The lowest BCUT2D eigenvalue weighted by Gasteiger charge is -2.43. The molecule has 2 saturated heterocycles. The number of aromatic nitrogens is 3. The van der Waals surface area contributed by atoms with E-state index in [1.54, 1.807) is 35.4 Å². The van der Waals surface area contributed by atoms with Crippen molar-refractivity contribution in [3.05, 3.63) is 75.2 Å². The first kappa shape index (κ1) is 31.9. The Kier molecular flexibility index (Phi) is 9.78. The van der Waals surface area contributed by atoms with Gasteiger partial charge in [0.05, 0.1) is 29.4 Å². The highest BCUT2D eigenvalue weighted by Crippen LogP contribution is 2.31. The average molecular weight is 650 g/mol. The van der Waals surface area contributed by atoms with Crippen LogP contribution in [0.4, 0.5) is 16.2 Å². The number of halogens is 1. The van der Waals surface area contributed by atoms with Crippen LogP contribution in [0, 0.1) is 6.92 Å². The van der Waals surface area contributed by atoms with Gasteiger partial charge >= 0.3 is 6.09 Å². The number of imidazole rings is 1.